The molecule has 0 amide bonds. The zero-order valence-corrected chi connectivity index (χ0v) is 15.8. The van der Waals surface area contributed by atoms with Gasteiger partial charge >= 0.3 is 0 Å². The summed E-state index contributed by atoms with van der Waals surface area (Å²) in [6.45, 7) is 3.76. The van der Waals surface area contributed by atoms with Crippen molar-refractivity contribution in [1.29, 1.82) is 0 Å². The molecule has 0 radical (unpaired) electrons. The average Bonchev–Trinajstić information content (AvgIpc) is 3.07. The number of halogens is 1. The maximum Gasteiger partial charge on any atom is 0.231 e. The Hall–Kier alpha value is -1.92. The molecule has 1 atom stereocenters. The van der Waals surface area contributed by atoms with Crippen LogP contribution < -0.4 is 24.3 Å². The largest absolute Gasteiger partial charge is 0.493 e. The summed E-state index contributed by atoms with van der Waals surface area (Å²) in [5, 5.41) is 3.60. The van der Waals surface area contributed by atoms with Gasteiger partial charge in [-0.15, -0.1) is 0 Å². The van der Waals surface area contributed by atoms with Crippen molar-refractivity contribution in [2.75, 3.05) is 27.1 Å². The van der Waals surface area contributed by atoms with Gasteiger partial charge in [-0.05, 0) is 54.3 Å². The van der Waals surface area contributed by atoms with E-state index in [-0.39, 0.29) is 12.8 Å². The molecule has 2 aliphatic rings. The summed E-state index contributed by atoms with van der Waals surface area (Å²) in [6, 6.07) is 8.25. The number of fused-ring (bicyclic) bond motifs is 2. The van der Waals surface area contributed by atoms with E-state index in [1.54, 1.807) is 7.11 Å². The molecular weight excluding hydrogens is 386 g/mol. The van der Waals surface area contributed by atoms with Gasteiger partial charge in [-0.3, -0.25) is 0 Å². The highest BCUT2D eigenvalue weighted by Crippen LogP contribution is 2.43. The Balaban J connectivity index is 1.79. The van der Waals surface area contributed by atoms with Crippen LogP contribution in [-0.4, -0.2) is 27.1 Å². The standard InChI is InChI=1S/C19H20BrNO4/c1-3-23-16-6-11-4-5-21-19(12(11)7-15(16)22-2)13-8-17-18(9-14(13)20)25-10-24-17/h6-9,19,21H,3-5,10H2,1-2H3/t19-/m1/s1. The van der Waals surface area contributed by atoms with Crippen molar-refractivity contribution in [3.63, 3.8) is 0 Å². The molecule has 4 rings (SSSR count). The molecule has 25 heavy (non-hydrogen) atoms. The summed E-state index contributed by atoms with van der Waals surface area (Å²) in [5.74, 6) is 3.11. The number of methoxy groups -OCH3 is 1. The normalized spacial score (nSPS) is 18.0. The Bertz CT molecular complexity index is 808. The third-order valence-corrected chi connectivity index (χ3v) is 5.27. The molecule has 2 aliphatic heterocycles. The number of hydrogen-bond donors (Lipinski definition) is 1. The van der Waals surface area contributed by atoms with E-state index in [1.165, 1.54) is 11.1 Å². The fourth-order valence-corrected chi connectivity index (χ4v) is 3.97. The van der Waals surface area contributed by atoms with E-state index < -0.39 is 0 Å². The summed E-state index contributed by atoms with van der Waals surface area (Å²) < 4.78 is 23.3. The summed E-state index contributed by atoms with van der Waals surface area (Å²) >= 11 is 3.68. The lowest BCUT2D eigenvalue weighted by Gasteiger charge is -2.29. The molecule has 2 aromatic rings. The van der Waals surface area contributed by atoms with E-state index >= 15 is 0 Å². The monoisotopic (exact) mass is 405 g/mol. The highest BCUT2D eigenvalue weighted by molar-refractivity contribution is 9.10. The first kappa shape index (κ1) is 16.5. The Morgan fingerprint density at radius 2 is 1.92 bits per heavy atom. The van der Waals surface area contributed by atoms with Crippen LogP contribution in [0.4, 0.5) is 0 Å². The van der Waals surface area contributed by atoms with Gasteiger partial charge in [0.05, 0.1) is 19.8 Å². The van der Waals surface area contributed by atoms with Crippen LogP contribution in [0.1, 0.15) is 29.7 Å². The van der Waals surface area contributed by atoms with Crippen LogP contribution in [0.15, 0.2) is 28.7 Å². The lowest BCUT2D eigenvalue weighted by atomic mass is 9.89. The molecule has 132 valence electrons. The molecule has 0 unspecified atom stereocenters. The SMILES string of the molecule is CCOc1cc2c(cc1OC)[C@H](c1cc3c(cc1Br)OCO3)NCC2. The minimum absolute atomic E-state index is 0.0530. The second-order valence-electron chi connectivity index (χ2n) is 6.00. The summed E-state index contributed by atoms with van der Waals surface area (Å²) in [7, 11) is 1.67. The fourth-order valence-electron chi connectivity index (χ4n) is 3.42. The first-order valence-corrected chi connectivity index (χ1v) is 9.16. The second kappa shape index (κ2) is 6.77. The van der Waals surface area contributed by atoms with Crippen molar-refractivity contribution < 1.29 is 18.9 Å². The molecule has 2 aromatic carbocycles. The summed E-state index contributed by atoms with van der Waals surface area (Å²) in [5.41, 5.74) is 3.60. The van der Waals surface area contributed by atoms with Crippen LogP contribution in [0.5, 0.6) is 23.0 Å². The van der Waals surface area contributed by atoms with Gasteiger partial charge in [0, 0.05) is 11.0 Å². The molecule has 6 heteroatoms. The van der Waals surface area contributed by atoms with Crippen LogP contribution in [0, 0.1) is 0 Å². The fraction of sp³-hybridized carbons (Fsp3) is 0.368. The van der Waals surface area contributed by atoms with Gasteiger partial charge in [-0.2, -0.15) is 0 Å². The predicted octanol–water partition coefficient (Wildman–Crippen LogP) is 3.82. The molecule has 0 saturated heterocycles. The van der Waals surface area contributed by atoms with Gasteiger partial charge < -0.3 is 24.3 Å². The summed E-state index contributed by atoms with van der Waals surface area (Å²) in [6.07, 6.45) is 0.956. The predicted molar refractivity (Wildman–Crippen MR) is 98.0 cm³/mol. The first-order valence-electron chi connectivity index (χ1n) is 8.37. The van der Waals surface area contributed by atoms with Gasteiger partial charge in [0.25, 0.3) is 0 Å². The number of nitrogens with one attached hydrogen (secondary N) is 1. The van der Waals surface area contributed by atoms with Crippen molar-refractivity contribution in [2.24, 2.45) is 0 Å². The van der Waals surface area contributed by atoms with Crippen molar-refractivity contribution >= 4 is 15.9 Å². The van der Waals surface area contributed by atoms with E-state index in [2.05, 4.69) is 33.4 Å². The molecular formula is C19H20BrNO4. The number of hydrogen-bond acceptors (Lipinski definition) is 5. The molecule has 0 spiro atoms. The number of benzene rings is 2. The van der Waals surface area contributed by atoms with Crippen LogP contribution in [0.25, 0.3) is 0 Å². The maximum absolute atomic E-state index is 5.73. The van der Waals surface area contributed by atoms with Crippen LogP contribution in [-0.2, 0) is 6.42 Å². The van der Waals surface area contributed by atoms with Gasteiger partial charge in [-0.1, -0.05) is 15.9 Å². The molecule has 0 fully saturated rings. The zero-order valence-electron chi connectivity index (χ0n) is 14.2. The molecule has 0 saturated carbocycles. The number of ether oxygens (including phenoxy) is 4. The highest BCUT2D eigenvalue weighted by atomic mass is 79.9. The Kier molecular flexibility index (Phi) is 4.48. The maximum atomic E-state index is 5.73. The van der Waals surface area contributed by atoms with Crippen LogP contribution in [0.3, 0.4) is 0 Å². The molecule has 0 bridgehead atoms. The molecule has 5 nitrogen and oxygen atoms in total. The Morgan fingerprint density at radius 1 is 1.12 bits per heavy atom. The van der Waals surface area contributed by atoms with Gasteiger partial charge in [0.2, 0.25) is 6.79 Å². The van der Waals surface area contributed by atoms with E-state index in [4.69, 9.17) is 18.9 Å². The third-order valence-electron chi connectivity index (χ3n) is 4.58. The van der Waals surface area contributed by atoms with Gasteiger partial charge in [-0.25, -0.2) is 0 Å². The minimum Gasteiger partial charge on any atom is -0.493 e. The van der Waals surface area contributed by atoms with Gasteiger partial charge in [0.1, 0.15) is 0 Å². The highest BCUT2D eigenvalue weighted by Gasteiger charge is 2.27. The van der Waals surface area contributed by atoms with Crippen molar-refractivity contribution in [1.82, 2.24) is 5.32 Å². The second-order valence-corrected chi connectivity index (χ2v) is 6.85. The molecule has 0 aromatic heterocycles. The molecule has 2 heterocycles. The van der Waals surface area contributed by atoms with Crippen LogP contribution >= 0.6 is 15.9 Å². The Labute approximate surface area is 155 Å². The lowest BCUT2D eigenvalue weighted by Crippen LogP contribution is -2.31. The molecule has 0 aliphatic carbocycles. The summed E-state index contributed by atoms with van der Waals surface area (Å²) in [4.78, 5) is 0. The Morgan fingerprint density at radius 3 is 2.68 bits per heavy atom. The van der Waals surface area contributed by atoms with Crippen molar-refractivity contribution in [2.45, 2.75) is 19.4 Å². The van der Waals surface area contributed by atoms with E-state index in [1.807, 2.05) is 19.1 Å². The number of rotatable bonds is 4. The first-order chi connectivity index (χ1) is 12.2. The topological polar surface area (TPSA) is 49.0 Å². The average molecular weight is 406 g/mol. The van der Waals surface area contributed by atoms with Crippen molar-refractivity contribution in [3.05, 3.63) is 45.4 Å². The lowest BCUT2D eigenvalue weighted by molar-refractivity contribution is 0.174. The smallest absolute Gasteiger partial charge is 0.231 e. The quantitative estimate of drug-likeness (QED) is 0.837. The van der Waals surface area contributed by atoms with E-state index in [0.29, 0.717) is 6.61 Å². The van der Waals surface area contributed by atoms with Gasteiger partial charge in [0.15, 0.2) is 23.0 Å². The van der Waals surface area contributed by atoms with E-state index in [0.717, 1.165) is 46.0 Å². The van der Waals surface area contributed by atoms with Crippen LogP contribution in [0.2, 0.25) is 0 Å². The zero-order chi connectivity index (χ0) is 17.4. The van der Waals surface area contributed by atoms with E-state index in [9.17, 15) is 0 Å². The molecule has 1 N–H and O–H groups in total. The van der Waals surface area contributed by atoms with Crippen molar-refractivity contribution in [3.8, 4) is 23.0 Å². The third kappa shape index (κ3) is 2.93. The minimum atomic E-state index is 0.0530.